The summed E-state index contributed by atoms with van der Waals surface area (Å²) >= 11 is 0. The van der Waals surface area contributed by atoms with Gasteiger partial charge in [-0.3, -0.25) is 14.5 Å². The van der Waals surface area contributed by atoms with E-state index >= 15 is 0 Å². The van der Waals surface area contributed by atoms with Crippen LogP contribution in [-0.4, -0.2) is 54.5 Å². The minimum atomic E-state index is -0.294. The molecular weight excluding hydrogens is 316 g/mol. The van der Waals surface area contributed by atoms with Crippen molar-refractivity contribution in [3.8, 4) is 0 Å². The molecule has 0 bridgehead atoms. The summed E-state index contributed by atoms with van der Waals surface area (Å²) in [5.74, 6) is -0.297. The van der Waals surface area contributed by atoms with Crippen LogP contribution >= 0.6 is 0 Å². The molecule has 0 radical (unpaired) electrons. The van der Waals surface area contributed by atoms with Crippen molar-refractivity contribution in [3.05, 3.63) is 35.9 Å². The van der Waals surface area contributed by atoms with Crippen molar-refractivity contribution >= 4 is 11.9 Å². The minimum Gasteiger partial charge on any atom is -0.466 e. The van der Waals surface area contributed by atoms with Gasteiger partial charge in [-0.15, -0.1) is 0 Å². The molecule has 0 N–H and O–H groups in total. The molecule has 1 aromatic rings. The molecule has 138 valence electrons. The highest BCUT2D eigenvalue weighted by Gasteiger charge is 2.35. The van der Waals surface area contributed by atoms with E-state index in [0.29, 0.717) is 19.7 Å². The van der Waals surface area contributed by atoms with E-state index < -0.39 is 0 Å². The molecule has 1 amide bonds. The van der Waals surface area contributed by atoms with Gasteiger partial charge in [0.05, 0.1) is 12.5 Å². The number of esters is 1. The van der Waals surface area contributed by atoms with Gasteiger partial charge in [-0.1, -0.05) is 44.2 Å². The van der Waals surface area contributed by atoms with Crippen LogP contribution in [0.2, 0.25) is 0 Å². The van der Waals surface area contributed by atoms with E-state index in [1.54, 1.807) is 0 Å². The molecule has 0 saturated carbocycles. The van der Waals surface area contributed by atoms with Crippen molar-refractivity contribution in [1.82, 2.24) is 9.80 Å². The number of carbonyl (C=O) groups excluding carboxylic acids is 2. The lowest BCUT2D eigenvalue weighted by Crippen LogP contribution is -2.48. The maximum absolute atomic E-state index is 13.3. The molecule has 2 atom stereocenters. The maximum atomic E-state index is 13.3. The minimum absolute atomic E-state index is 0.0869. The number of amides is 1. The lowest BCUT2D eigenvalue weighted by atomic mass is 9.96. The molecule has 5 heteroatoms. The molecule has 2 unspecified atom stereocenters. The fraction of sp³-hybridized carbons (Fsp3) is 0.600. The molecule has 1 fully saturated rings. The van der Waals surface area contributed by atoms with E-state index in [1.807, 2.05) is 42.2 Å². The molecule has 1 aromatic carbocycles. The first-order chi connectivity index (χ1) is 12.1. The zero-order valence-electron chi connectivity index (χ0n) is 15.6. The van der Waals surface area contributed by atoms with Crippen LogP contribution in [0.25, 0.3) is 0 Å². The number of hydrogen-bond donors (Lipinski definition) is 0. The van der Waals surface area contributed by atoms with Gasteiger partial charge in [0.2, 0.25) is 5.91 Å². The van der Waals surface area contributed by atoms with Crippen molar-refractivity contribution in [2.45, 2.75) is 39.7 Å². The number of rotatable bonds is 7. The van der Waals surface area contributed by atoms with Gasteiger partial charge in [0.25, 0.3) is 0 Å². The quantitative estimate of drug-likeness (QED) is 0.713. The van der Waals surface area contributed by atoms with Crippen molar-refractivity contribution < 1.29 is 14.3 Å². The van der Waals surface area contributed by atoms with Crippen molar-refractivity contribution in [3.63, 3.8) is 0 Å². The highest BCUT2D eigenvalue weighted by molar-refractivity contribution is 5.84. The van der Waals surface area contributed by atoms with Crippen LogP contribution in [0.3, 0.4) is 0 Å². The second kappa shape index (κ2) is 9.56. The SMILES string of the molecule is CCOC(=O)C1CCCN(C(=O)C(c2ccccc2)N(CC)CC)C1. The third-order valence-corrected chi connectivity index (χ3v) is 4.88. The zero-order chi connectivity index (χ0) is 18.2. The average molecular weight is 346 g/mol. The number of hydrogen-bond acceptors (Lipinski definition) is 4. The Morgan fingerprint density at radius 2 is 1.88 bits per heavy atom. The Hall–Kier alpha value is -1.88. The van der Waals surface area contributed by atoms with Gasteiger partial charge >= 0.3 is 5.97 Å². The van der Waals surface area contributed by atoms with E-state index in [0.717, 1.165) is 31.5 Å². The zero-order valence-corrected chi connectivity index (χ0v) is 15.6. The highest BCUT2D eigenvalue weighted by Crippen LogP contribution is 2.26. The molecule has 1 heterocycles. The monoisotopic (exact) mass is 346 g/mol. The number of benzene rings is 1. The molecule has 0 spiro atoms. The Kier molecular flexibility index (Phi) is 7.44. The third kappa shape index (κ3) is 4.82. The summed E-state index contributed by atoms with van der Waals surface area (Å²) in [7, 11) is 0. The largest absolute Gasteiger partial charge is 0.466 e. The van der Waals surface area contributed by atoms with Crippen LogP contribution in [0.15, 0.2) is 30.3 Å². The summed E-state index contributed by atoms with van der Waals surface area (Å²) in [5.41, 5.74) is 1.01. The van der Waals surface area contributed by atoms with E-state index in [4.69, 9.17) is 4.74 Å². The molecule has 2 rings (SSSR count). The van der Waals surface area contributed by atoms with E-state index in [9.17, 15) is 9.59 Å². The highest BCUT2D eigenvalue weighted by atomic mass is 16.5. The molecule has 1 aliphatic heterocycles. The van der Waals surface area contributed by atoms with Crippen LogP contribution in [0.4, 0.5) is 0 Å². The predicted molar refractivity (Wildman–Crippen MR) is 98.0 cm³/mol. The first kappa shape index (κ1) is 19.4. The van der Waals surface area contributed by atoms with E-state index in [-0.39, 0.29) is 23.8 Å². The first-order valence-corrected chi connectivity index (χ1v) is 9.36. The second-order valence-corrected chi connectivity index (χ2v) is 6.41. The summed E-state index contributed by atoms with van der Waals surface area (Å²) in [4.78, 5) is 29.4. The standard InChI is InChI=1S/C20H30N2O3/c1-4-21(5-2)18(16-11-8-7-9-12-16)19(23)22-14-10-13-17(15-22)20(24)25-6-3/h7-9,11-12,17-18H,4-6,10,13-15H2,1-3H3. The lowest BCUT2D eigenvalue weighted by Gasteiger charge is -2.37. The number of piperidine rings is 1. The number of ether oxygens (including phenoxy) is 1. The molecule has 1 saturated heterocycles. The van der Waals surface area contributed by atoms with Gasteiger partial charge in [0.15, 0.2) is 0 Å². The van der Waals surface area contributed by atoms with Gasteiger partial charge in [-0.25, -0.2) is 0 Å². The molecular formula is C20H30N2O3. The van der Waals surface area contributed by atoms with Crippen LogP contribution in [0.1, 0.15) is 45.2 Å². The Morgan fingerprint density at radius 1 is 1.20 bits per heavy atom. The lowest BCUT2D eigenvalue weighted by molar-refractivity contribution is -0.152. The van der Waals surface area contributed by atoms with Gasteiger partial charge in [-0.2, -0.15) is 0 Å². The molecule has 1 aliphatic rings. The number of carbonyl (C=O) groups is 2. The number of likely N-dealkylation sites (N-methyl/N-ethyl adjacent to an activating group) is 1. The third-order valence-electron chi connectivity index (χ3n) is 4.88. The molecule has 25 heavy (non-hydrogen) atoms. The molecule has 5 nitrogen and oxygen atoms in total. The Balaban J connectivity index is 2.19. The van der Waals surface area contributed by atoms with Crippen LogP contribution in [-0.2, 0) is 14.3 Å². The summed E-state index contributed by atoms with van der Waals surface area (Å²) in [5, 5.41) is 0. The fourth-order valence-corrected chi connectivity index (χ4v) is 3.54. The predicted octanol–water partition coefficient (Wildman–Crippen LogP) is 2.87. The summed E-state index contributed by atoms with van der Waals surface area (Å²) in [6, 6.07) is 9.62. The van der Waals surface area contributed by atoms with Crippen LogP contribution < -0.4 is 0 Å². The number of likely N-dealkylation sites (tertiary alicyclic amines) is 1. The van der Waals surface area contributed by atoms with Gasteiger partial charge in [0.1, 0.15) is 6.04 Å². The summed E-state index contributed by atoms with van der Waals surface area (Å²) in [6.07, 6.45) is 1.64. The normalized spacial score (nSPS) is 18.9. The Morgan fingerprint density at radius 3 is 2.48 bits per heavy atom. The van der Waals surface area contributed by atoms with Crippen molar-refractivity contribution in [2.75, 3.05) is 32.8 Å². The van der Waals surface area contributed by atoms with E-state index in [1.165, 1.54) is 0 Å². The summed E-state index contributed by atoms with van der Waals surface area (Å²) in [6.45, 7) is 9.12. The Bertz CT molecular complexity index is 557. The van der Waals surface area contributed by atoms with Crippen LogP contribution in [0, 0.1) is 5.92 Å². The number of nitrogens with zero attached hydrogens (tertiary/aromatic N) is 2. The average Bonchev–Trinajstić information content (AvgIpc) is 2.66. The van der Waals surface area contributed by atoms with Gasteiger partial charge in [0, 0.05) is 13.1 Å². The molecule has 0 aromatic heterocycles. The smallest absolute Gasteiger partial charge is 0.310 e. The first-order valence-electron chi connectivity index (χ1n) is 9.36. The van der Waals surface area contributed by atoms with Gasteiger partial charge in [-0.05, 0) is 38.4 Å². The van der Waals surface area contributed by atoms with Gasteiger partial charge < -0.3 is 9.64 Å². The van der Waals surface area contributed by atoms with Crippen LogP contribution in [0.5, 0.6) is 0 Å². The second-order valence-electron chi connectivity index (χ2n) is 6.41. The topological polar surface area (TPSA) is 49.9 Å². The molecule has 0 aliphatic carbocycles. The maximum Gasteiger partial charge on any atom is 0.310 e. The van der Waals surface area contributed by atoms with Crippen molar-refractivity contribution in [2.24, 2.45) is 5.92 Å². The summed E-state index contributed by atoms with van der Waals surface area (Å²) < 4.78 is 5.16. The fourth-order valence-electron chi connectivity index (χ4n) is 3.54. The Labute approximate surface area is 150 Å². The van der Waals surface area contributed by atoms with E-state index in [2.05, 4.69) is 18.7 Å². The van der Waals surface area contributed by atoms with Crippen molar-refractivity contribution in [1.29, 1.82) is 0 Å².